The molecule has 0 radical (unpaired) electrons. The van der Waals surface area contributed by atoms with Gasteiger partial charge in [0, 0.05) is 11.6 Å². The fourth-order valence-electron chi connectivity index (χ4n) is 1.99. The van der Waals surface area contributed by atoms with Gasteiger partial charge in [0.25, 0.3) is 5.56 Å². The average molecular weight is 205 g/mol. The summed E-state index contributed by atoms with van der Waals surface area (Å²) in [6.45, 7) is 7.88. The molecule has 0 spiro atoms. The van der Waals surface area contributed by atoms with Crippen molar-refractivity contribution in [3.8, 4) is 0 Å². The maximum atomic E-state index is 11.8. The molecule has 0 saturated heterocycles. The molecule has 0 aromatic carbocycles. The molecule has 0 aliphatic rings. The van der Waals surface area contributed by atoms with Gasteiger partial charge in [-0.1, -0.05) is 13.8 Å². The fraction of sp³-hybridized carbons (Fsp3) is 0.455. The van der Waals surface area contributed by atoms with Gasteiger partial charge in [-0.3, -0.25) is 4.79 Å². The minimum absolute atomic E-state index is 0.00472. The third-order valence-corrected chi connectivity index (χ3v) is 2.60. The predicted molar refractivity (Wildman–Crippen MR) is 59.4 cm³/mol. The normalized spacial score (nSPS) is 11.5. The zero-order chi connectivity index (χ0) is 11.2. The highest BCUT2D eigenvalue weighted by Crippen LogP contribution is 2.15. The second-order valence-corrected chi connectivity index (χ2v) is 4.19. The van der Waals surface area contributed by atoms with Crippen molar-refractivity contribution in [2.75, 3.05) is 0 Å². The van der Waals surface area contributed by atoms with Gasteiger partial charge in [0.1, 0.15) is 5.65 Å². The molecule has 2 aromatic rings. The fourth-order valence-corrected chi connectivity index (χ4v) is 1.99. The number of nitrogens with zero attached hydrogens (tertiary/aromatic N) is 2. The van der Waals surface area contributed by atoms with Crippen LogP contribution in [0.5, 0.6) is 0 Å². The number of nitrogens with one attached hydrogen (secondary N) is 1. The highest BCUT2D eigenvalue weighted by Gasteiger charge is 2.13. The van der Waals surface area contributed by atoms with Gasteiger partial charge < -0.3 is 4.98 Å². The first-order valence-corrected chi connectivity index (χ1v) is 5.10. The van der Waals surface area contributed by atoms with Gasteiger partial charge in [0.15, 0.2) is 0 Å². The van der Waals surface area contributed by atoms with Gasteiger partial charge in [-0.2, -0.15) is 5.10 Å². The van der Waals surface area contributed by atoms with E-state index in [4.69, 9.17) is 0 Å². The van der Waals surface area contributed by atoms with Crippen molar-refractivity contribution in [3.63, 3.8) is 0 Å². The first-order chi connectivity index (χ1) is 7.00. The number of fused-ring (bicyclic) bond motifs is 1. The Labute approximate surface area is 87.9 Å². The number of H-pyrrole nitrogens is 1. The molecule has 4 nitrogen and oxygen atoms in total. The quantitative estimate of drug-likeness (QED) is 0.771. The Kier molecular flexibility index (Phi) is 2.14. The van der Waals surface area contributed by atoms with Crippen LogP contribution in [0.4, 0.5) is 0 Å². The van der Waals surface area contributed by atoms with Gasteiger partial charge in [-0.05, 0) is 19.8 Å². The first kappa shape index (κ1) is 9.96. The van der Waals surface area contributed by atoms with Crippen molar-refractivity contribution < 1.29 is 0 Å². The minimum atomic E-state index is -0.00472. The molecule has 0 bridgehead atoms. The number of hydrogen-bond donors (Lipinski definition) is 1. The van der Waals surface area contributed by atoms with Gasteiger partial charge in [-0.15, -0.1) is 0 Å². The Morgan fingerprint density at radius 2 is 2.07 bits per heavy atom. The molecular formula is C11H15N3O. The zero-order valence-electron chi connectivity index (χ0n) is 9.46. The largest absolute Gasteiger partial charge is 0.307 e. The van der Waals surface area contributed by atoms with E-state index >= 15 is 0 Å². The molecule has 0 atom stereocenters. The highest BCUT2D eigenvalue weighted by molar-refractivity contribution is 5.42. The van der Waals surface area contributed by atoms with Crippen molar-refractivity contribution >= 4 is 5.65 Å². The monoisotopic (exact) mass is 205 g/mol. The Bertz CT molecular complexity index is 563. The molecule has 2 rings (SSSR count). The third kappa shape index (κ3) is 1.46. The Morgan fingerprint density at radius 1 is 1.40 bits per heavy atom. The maximum absolute atomic E-state index is 11.8. The summed E-state index contributed by atoms with van der Waals surface area (Å²) in [5.41, 5.74) is 3.41. The Balaban J connectivity index is 2.89. The average Bonchev–Trinajstić information content (AvgIpc) is 2.45. The van der Waals surface area contributed by atoms with Crippen LogP contribution in [-0.4, -0.2) is 14.6 Å². The van der Waals surface area contributed by atoms with Crippen LogP contribution in [0.15, 0.2) is 10.9 Å². The molecule has 2 heterocycles. The second-order valence-electron chi connectivity index (χ2n) is 4.19. The molecular weight excluding hydrogens is 190 g/mol. The van der Waals surface area contributed by atoms with E-state index in [-0.39, 0.29) is 11.5 Å². The zero-order valence-corrected chi connectivity index (χ0v) is 9.46. The Hall–Kier alpha value is -1.58. The van der Waals surface area contributed by atoms with E-state index in [1.165, 1.54) is 0 Å². The van der Waals surface area contributed by atoms with Crippen LogP contribution in [0.3, 0.4) is 0 Å². The third-order valence-electron chi connectivity index (χ3n) is 2.60. The molecule has 0 aliphatic carbocycles. The van der Waals surface area contributed by atoms with Crippen LogP contribution < -0.4 is 5.56 Å². The topological polar surface area (TPSA) is 50.2 Å². The van der Waals surface area contributed by atoms with Gasteiger partial charge in [0.2, 0.25) is 0 Å². The van der Waals surface area contributed by atoms with Gasteiger partial charge in [-0.25, -0.2) is 4.52 Å². The second kappa shape index (κ2) is 3.22. The number of aromatic nitrogens is 3. The van der Waals surface area contributed by atoms with Gasteiger partial charge >= 0.3 is 0 Å². The maximum Gasteiger partial charge on any atom is 0.254 e. The summed E-state index contributed by atoms with van der Waals surface area (Å²) in [5.74, 6) is 0.211. The number of rotatable bonds is 1. The summed E-state index contributed by atoms with van der Waals surface area (Å²) in [7, 11) is 0. The Morgan fingerprint density at radius 3 is 2.67 bits per heavy atom. The van der Waals surface area contributed by atoms with E-state index in [0.29, 0.717) is 0 Å². The molecule has 0 unspecified atom stereocenters. The molecule has 0 aliphatic heterocycles. The predicted octanol–water partition coefficient (Wildman–Crippen LogP) is 1.76. The van der Waals surface area contributed by atoms with E-state index < -0.39 is 0 Å². The molecule has 15 heavy (non-hydrogen) atoms. The van der Waals surface area contributed by atoms with Crippen molar-refractivity contribution in [1.82, 2.24) is 14.6 Å². The van der Waals surface area contributed by atoms with E-state index in [2.05, 4.69) is 10.1 Å². The summed E-state index contributed by atoms with van der Waals surface area (Å²) in [4.78, 5) is 14.7. The van der Waals surface area contributed by atoms with E-state index in [9.17, 15) is 4.79 Å². The highest BCUT2D eigenvalue weighted by atomic mass is 16.1. The molecule has 2 aromatic heterocycles. The van der Waals surface area contributed by atoms with E-state index in [1.807, 2.05) is 33.8 Å². The van der Waals surface area contributed by atoms with E-state index in [1.54, 1.807) is 4.52 Å². The molecule has 80 valence electrons. The smallest absolute Gasteiger partial charge is 0.254 e. The number of aryl methyl sites for hydroxylation is 2. The number of hydrogen-bond acceptors (Lipinski definition) is 2. The lowest BCUT2D eigenvalue weighted by Gasteiger charge is -2.09. The minimum Gasteiger partial charge on any atom is -0.307 e. The number of aromatic amines is 1. The molecule has 0 amide bonds. The molecule has 0 saturated carbocycles. The lowest BCUT2D eigenvalue weighted by Crippen LogP contribution is -2.19. The summed E-state index contributed by atoms with van der Waals surface area (Å²) < 4.78 is 1.80. The van der Waals surface area contributed by atoms with Crippen molar-refractivity contribution in [1.29, 1.82) is 0 Å². The molecule has 0 fully saturated rings. The summed E-state index contributed by atoms with van der Waals surface area (Å²) in [6.07, 6.45) is 0. The summed E-state index contributed by atoms with van der Waals surface area (Å²) in [6, 6.07) is 1.87. The molecule has 1 N–H and O–H groups in total. The lowest BCUT2D eigenvalue weighted by molar-refractivity contribution is 0.776. The van der Waals surface area contributed by atoms with Crippen LogP contribution in [0.25, 0.3) is 5.65 Å². The van der Waals surface area contributed by atoms with E-state index in [0.717, 1.165) is 22.6 Å². The van der Waals surface area contributed by atoms with Crippen LogP contribution in [0.2, 0.25) is 0 Å². The summed E-state index contributed by atoms with van der Waals surface area (Å²) in [5, 5.41) is 4.34. The van der Waals surface area contributed by atoms with Crippen molar-refractivity contribution in [2.45, 2.75) is 33.6 Å². The van der Waals surface area contributed by atoms with Crippen molar-refractivity contribution in [3.05, 3.63) is 33.4 Å². The van der Waals surface area contributed by atoms with Crippen LogP contribution in [0.1, 0.15) is 36.7 Å². The SMILES string of the molecule is Cc1cc2[nH]c(=O)c(C(C)C)c(C)n2n1. The van der Waals surface area contributed by atoms with Gasteiger partial charge in [0.05, 0.1) is 11.4 Å². The van der Waals surface area contributed by atoms with Crippen LogP contribution in [0, 0.1) is 13.8 Å². The van der Waals surface area contributed by atoms with Crippen molar-refractivity contribution in [2.24, 2.45) is 0 Å². The van der Waals surface area contributed by atoms with Crippen LogP contribution >= 0.6 is 0 Å². The standard InChI is InChI=1S/C11H15N3O/c1-6(2)10-8(4)14-9(12-11(10)15)5-7(3)13-14/h5-6H,1-4H3,(H,12,15). The first-order valence-electron chi connectivity index (χ1n) is 5.10. The summed E-state index contributed by atoms with van der Waals surface area (Å²) >= 11 is 0. The lowest BCUT2D eigenvalue weighted by atomic mass is 10.0. The van der Waals surface area contributed by atoms with Crippen LogP contribution in [-0.2, 0) is 0 Å². The molecule has 4 heteroatoms.